The molecular weight excluding hydrogens is 136 g/mol. The first kappa shape index (κ1) is 10.5. The highest BCUT2D eigenvalue weighted by molar-refractivity contribution is 5.03. The topological polar surface area (TPSA) is 20.2 Å². The van der Waals surface area contributed by atoms with E-state index in [4.69, 9.17) is 6.42 Å². The van der Waals surface area contributed by atoms with Crippen LogP contribution in [0.25, 0.3) is 0 Å². The van der Waals surface area contributed by atoms with Crippen LogP contribution in [-0.2, 0) is 0 Å². The van der Waals surface area contributed by atoms with Crippen molar-refractivity contribution in [2.75, 3.05) is 0 Å². The van der Waals surface area contributed by atoms with Crippen LogP contribution in [0.2, 0.25) is 0 Å². The van der Waals surface area contributed by atoms with Gasteiger partial charge in [-0.15, -0.1) is 6.42 Å². The second-order valence-electron chi connectivity index (χ2n) is 3.23. The van der Waals surface area contributed by atoms with Gasteiger partial charge in [-0.05, 0) is 19.8 Å². The Morgan fingerprint density at radius 2 is 2.00 bits per heavy atom. The van der Waals surface area contributed by atoms with Gasteiger partial charge in [0.1, 0.15) is 5.60 Å². The fourth-order valence-corrected chi connectivity index (χ4v) is 0.968. The maximum absolute atomic E-state index is 9.39. The highest BCUT2D eigenvalue weighted by Gasteiger charge is 2.14. The van der Waals surface area contributed by atoms with Gasteiger partial charge in [0, 0.05) is 0 Å². The van der Waals surface area contributed by atoms with Crippen LogP contribution in [0, 0.1) is 12.3 Å². The van der Waals surface area contributed by atoms with E-state index in [1.54, 1.807) is 6.92 Å². The Labute approximate surface area is 69.8 Å². The van der Waals surface area contributed by atoms with Crippen molar-refractivity contribution >= 4 is 0 Å². The Hall–Kier alpha value is -0.480. The molecular formula is C10H18O. The summed E-state index contributed by atoms with van der Waals surface area (Å²) in [6.07, 6.45) is 10.5. The van der Waals surface area contributed by atoms with Crippen LogP contribution in [0.1, 0.15) is 46.0 Å². The van der Waals surface area contributed by atoms with Gasteiger partial charge in [0.25, 0.3) is 0 Å². The molecule has 0 aliphatic carbocycles. The molecule has 11 heavy (non-hydrogen) atoms. The van der Waals surface area contributed by atoms with Crippen LogP contribution < -0.4 is 0 Å². The van der Waals surface area contributed by atoms with Gasteiger partial charge in [-0.1, -0.05) is 32.1 Å². The largest absolute Gasteiger partial charge is 0.378 e. The molecule has 0 aliphatic heterocycles. The molecule has 1 atom stereocenters. The smallest absolute Gasteiger partial charge is 0.122 e. The summed E-state index contributed by atoms with van der Waals surface area (Å²) in [5, 5.41) is 9.39. The van der Waals surface area contributed by atoms with Gasteiger partial charge in [-0.2, -0.15) is 0 Å². The maximum atomic E-state index is 9.39. The molecule has 0 saturated heterocycles. The second-order valence-corrected chi connectivity index (χ2v) is 3.23. The lowest BCUT2D eigenvalue weighted by atomic mass is 9.99. The maximum Gasteiger partial charge on any atom is 0.122 e. The monoisotopic (exact) mass is 154 g/mol. The molecule has 0 radical (unpaired) electrons. The predicted octanol–water partition coefficient (Wildman–Crippen LogP) is 2.34. The number of hydrogen-bond donors (Lipinski definition) is 1. The number of hydrogen-bond acceptors (Lipinski definition) is 1. The summed E-state index contributed by atoms with van der Waals surface area (Å²) >= 11 is 0. The van der Waals surface area contributed by atoms with Gasteiger partial charge in [-0.3, -0.25) is 0 Å². The predicted molar refractivity (Wildman–Crippen MR) is 48.2 cm³/mol. The van der Waals surface area contributed by atoms with Crippen LogP contribution in [-0.4, -0.2) is 10.7 Å². The summed E-state index contributed by atoms with van der Waals surface area (Å²) < 4.78 is 0. The quantitative estimate of drug-likeness (QED) is 0.476. The Morgan fingerprint density at radius 3 is 2.45 bits per heavy atom. The molecule has 0 unspecified atom stereocenters. The minimum atomic E-state index is -0.881. The van der Waals surface area contributed by atoms with E-state index < -0.39 is 5.60 Å². The summed E-state index contributed by atoms with van der Waals surface area (Å²) in [6, 6.07) is 0. The highest BCUT2D eigenvalue weighted by atomic mass is 16.3. The molecule has 0 aromatic carbocycles. The van der Waals surface area contributed by atoms with Crippen molar-refractivity contribution in [2.24, 2.45) is 0 Å². The lowest BCUT2D eigenvalue weighted by Crippen LogP contribution is -2.20. The molecule has 64 valence electrons. The van der Waals surface area contributed by atoms with Crippen molar-refractivity contribution in [3.63, 3.8) is 0 Å². The average molecular weight is 154 g/mol. The van der Waals surface area contributed by atoms with Crippen LogP contribution in [0.3, 0.4) is 0 Å². The van der Waals surface area contributed by atoms with Crippen LogP contribution in [0.4, 0.5) is 0 Å². The van der Waals surface area contributed by atoms with Crippen LogP contribution in [0.15, 0.2) is 0 Å². The molecule has 1 heteroatoms. The molecule has 1 nitrogen and oxygen atoms in total. The van der Waals surface area contributed by atoms with Crippen molar-refractivity contribution in [1.29, 1.82) is 0 Å². The third-order valence-electron chi connectivity index (χ3n) is 1.83. The third-order valence-corrected chi connectivity index (χ3v) is 1.83. The number of unbranched alkanes of at least 4 members (excludes halogenated alkanes) is 3. The van der Waals surface area contributed by atoms with Crippen LogP contribution >= 0.6 is 0 Å². The Bertz CT molecular complexity index is 130. The molecule has 0 heterocycles. The molecule has 0 spiro atoms. The van der Waals surface area contributed by atoms with E-state index in [1.165, 1.54) is 19.3 Å². The van der Waals surface area contributed by atoms with Crippen molar-refractivity contribution in [2.45, 2.75) is 51.6 Å². The third kappa shape index (κ3) is 5.94. The number of rotatable bonds is 5. The van der Waals surface area contributed by atoms with Gasteiger partial charge in [0.05, 0.1) is 0 Å². The lowest BCUT2D eigenvalue weighted by molar-refractivity contribution is 0.109. The fourth-order valence-electron chi connectivity index (χ4n) is 0.968. The molecule has 0 bridgehead atoms. The SMILES string of the molecule is C#C[C@@](C)(O)CCCCCC. The Balaban J connectivity index is 3.32. The number of aliphatic hydroxyl groups is 1. The summed E-state index contributed by atoms with van der Waals surface area (Å²) in [6.45, 7) is 3.86. The van der Waals surface area contributed by atoms with E-state index in [9.17, 15) is 5.11 Å². The molecule has 0 aromatic rings. The van der Waals surface area contributed by atoms with Crippen molar-refractivity contribution < 1.29 is 5.11 Å². The molecule has 1 N–H and O–H groups in total. The van der Waals surface area contributed by atoms with Gasteiger partial charge in [0.2, 0.25) is 0 Å². The molecule has 0 saturated carbocycles. The average Bonchev–Trinajstić information content (AvgIpc) is 1.99. The minimum absolute atomic E-state index is 0.726. The van der Waals surface area contributed by atoms with Gasteiger partial charge in [-0.25, -0.2) is 0 Å². The highest BCUT2D eigenvalue weighted by Crippen LogP contribution is 2.13. The molecule has 0 aliphatic rings. The van der Waals surface area contributed by atoms with Crippen molar-refractivity contribution in [1.82, 2.24) is 0 Å². The molecule has 0 fully saturated rings. The summed E-state index contributed by atoms with van der Waals surface area (Å²) in [5.74, 6) is 2.37. The van der Waals surface area contributed by atoms with Crippen molar-refractivity contribution in [3.8, 4) is 12.3 Å². The summed E-state index contributed by atoms with van der Waals surface area (Å²) in [4.78, 5) is 0. The lowest BCUT2D eigenvalue weighted by Gasteiger charge is -2.14. The molecule has 0 aromatic heterocycles. The summed E-state index contributed by atoms with van der Waals surface area (Å²) in [7, 11) is 0. The first-order valence-electron chi connectivity index (χ1n) is 4.32. The first-order chi connectivity index (χ1) is 5.12. The van der Waals surface area contributed by atoms with Crippen LogP contribution in [0.5, 0.6) is 0 Å². The summed E-state index contributed by atoms with van der Waals surface area (Å²) in [5.41, 5.74) is -0.881. The standard InChI is InChI=1S/C10H18O/c1-4-6-7-8-9-10(3,11)5-2/h2,11H,4,6-9H2,1,3H3/t10-/m1/s1. The van der Waals surface area contributed by atoms with Crippen molar-refractivity contribution in [3.05, 3.63) is 0 Å². The van der Waals surface area contributed by atoms with E-state index in [1.807, 2.05) is 0 Å². The zero-order valence-corrected chi connectivity index (χ0v) is 7.56. The van der Waals surface area contributed by atoms with E-state index in [0.717, 1.165) is 12.8 Å². The second kappa shape index (κ2) is 5.21. The Morgan fingerprint density at radius 1 is 1.36 bits per heavy atom. The zero-order valence-electron chi connectivity index (χ0n) is 7.56. The van der Waals surface area contributed by atoms with E-state index in [2.05, 4.69) is 12.8 Å². The van der Waals surface area contributed by atoms with E-state index in [-0.39, 0.29) is 0 Å². The van der Waals surface area contributed by atoms with E-state index in [0.29, 0.717) is 0 Å². The normalized spacial score (nSPS) is 15.5. The van der Waals surface area contributed by atoms with Gasteiger partial charge in [0.15, 0.2) is 0 Å². The Kier molecular flexibility index (Phi) is 4.98. The zero-order chi connectivity index (χ0) is 8.74. The van der Waals surface area contributed by atoms with E-state index >= 15 is 0 Å². The molecule has 0 rings (SSSR count). The number of terminal acetylenes is 1. The fraction of sp³-hybridized carbons (Fsp3) is 0.800. The minimum Gasteiger partial charge on any atom is -0.378 e. The van der Waals surface area contributed by atoms with Gasteiger partial charge >= 0.3 is 0 Å². The first-order valence-corrected chi connectivity index (χ1v) is 4.32. The molecule has 0 amide bonds. The van der Waals surface area contributed by atoms with Gasteiger partial charge < -0.3 is 5.11 Å².